The summed E-state index contributed by atoms with van der Waals surface area (Å²) in [4.78, 5) is 17.3. The second-order valence-corrected chi connectivity index (χ2v) is 9.58. The minimum Gasteiger partial charge on any atom is -0.369 e. The smallest absolute Gasteiger partial charge is 0.255 e. The zero-order valence-corrected chi connectivity index (χ0v) is 22.6. The van der Waals surface area contributed by atoms with Crippen LogP contribution in [-0.4, -0.2) is 15.5 Å². The molecule has 0 bridgehead atoms. The van der Waals surface area contributed by atoms with E-state index in [9.17, 15) is 4.79 Å². The molecule has 0 fully saturated rings. The number of fused-ring (bicyclic) bond motifs is 1. The van der Waals surface area contributed by atoms with Crippen LogP contribution < -0.4 is 11.1 Å². The number of nitrogens with one attached hydrogen (secondary N) is 1. The lowest BCUT2D eigenvalue weighted by molar-refractivity contribution is 0.102. The first-order valence-corrected chi connectivity index (χ1v) is 13.3. The van der Waals surface area contributed by atoms with Crippen LogP contribution >= 0.6 is 12.4 Å². The van der Waals surface area contributed by atoms with Gasteiger partial charge in [0.15, 0.2) is 0 Å². The Kier molecular flexibility index (Phi) is 11.0. The number of nitrogens with zero attached hydrogens (tertiary/aromatic N) is 2. The van der Waals surface area contributed by atoms with Crippen molar-refractivity contribution in [1.29, 1.82) is 0 Å². The van der Waals surface area contributed by atoms with E-state index in [0.717, 1.165) is 42.5 Å². The molecule has 196 valence electrons. The van der Waals surface area contributed by atoms with Gasteiger partial charge in [0, 0.05) is 17.8 Å². The predicted molar refractivity (Wildman–Crippen MR) is 158 cm³/mol. The van der Waals surface area contributed by atoms with Crippen molar-refractivity contribution in [3.05, 3.63) is 89.5 Å². The number of imidazole rings is 1. The van der Waals surface area contributed by atoms with Gasteiger partial charge in [0.05, 0.1) is 11.0 Å². The second-order valence-electron chi connectivity index (χ2n) is 9.58. The summed E-state index contributed by atoms with van der Waals surface area (Å²) in [5.74, 6) is 0.387. The van der Waals surface area contributed by atoms with Crippen LogP contribution in [0.5, 0.6) is 0 Å². The van der Waals surface area contributed by atoms with Crippen LogP contribution in [0.4, 0.5) is 11.6 Å². The number of aryl methyl sites for hydroxylation is 3. The summed E-state index contributed by atoms with van der Waals surface area (Å²) in [6.07, 6.45) is 10.8. The zero-order chi connectivity index (χ0) is 25.2. The number of nitrogen functional groups attached to an aromatic ring is 1. The van der Waals surface area contributed by atoms with Crippen LogP contribution in [0.3, 0.4) is 0 Å². The van der Waals surface area contributed by atoms with Crippen molar-refractivity contribution < 1.29 is 4.79 Å². The summed E-state index contributed by atoms with van der Waals surface area (Å²) in [6, 6.07) is 24.2. The highest BCUT2D eigenvalue weighted by Gasteiger charge is 2.11. The standard InChI is InChI=1S/C31H38N4O.ClH/c1-2-3-4-5-6-8-14-25-16-18-26(19-17-25)30(36)33-27-20-21-29-28(23-27)34-31(32)35(29)22-11-15-24-12-9-7-10-13-24;/h7,9-10,12-13,16-21,23H,2-6,8,11,14-15,22H2,1H3,(H2,32,34)(H,33,36);1H. The molecule has 4 aromatic rings. The molecule has 0 unspecified atom stereocenters. The first kappa shape index (κ1) is 28.3. The summed E-state index contributed by atoms with van der Waals surface area (Å²) in [7, 11) is 0. The molecule has 0 aliphatic carbocycles. The molecule has 4 rings (SSSR count). The SMILES string of the molecule is CCCCCCCCc1ccc(C(=O)Nc2ccc3c(c2)nc(N)n3CCCc2ccccc2)cc1.Cl. The average molecular weight is 519 g/mol. The van der Waals surface area contributed by atoms with Gasteiger partial charge in [-0.1, -0.05) is 81.5 Å². The maximum atomic E-state index is 12.8. The Morgan fingerprint density at radius 2 is 1.51 bits per heavy atom. The highest BCUT2D eigenvalue weighted by Crippen LogP contribution is 2.23. The maximum absolute atomic E-state index is 12.8. The lowest BCUT2D eigenvalue weighted by Crippen LogP contribution is -2.11. The molecule has 3 N–H and O–H groups in total. The highest BCUT2D eigenvalue weighted by atomic mass is 35.5. The molecule has 0 saturated heterocycles. The van der Waals surface area contributed by atoms with Crippen LogP contribution in [0.25, 0.3) is 11.0 Å². The number of rotatable bonds is 13. The molecule has 0 aliphatic heterocycles. The molecular formula is C31H39ClN4O. The fourth-order valence-electron chi connectivity index (χ4n) is 4.68. The lowest BCUT2D eigenvalue weighted by atomic mass is 10.0. The molecule has 0 radical (unpaired) electrons. The minimum absolute atomic E-state index is 0. The lowest BCUT2D eigenvalue weighted by Gasteiger charge is -2.08. The van der Waals surface area contributed by atoms with E-state index < -0.39 is 0 Å². The molecular weight excluding hydrogens is 480 g/mol. The normalized spacial score (nSPS) is 10.8. The molecule has 6 heteroatoms. The number of unbranched alkanes of at least 4 members (excludes halogenated alkanes) is 5. The number of carbonyl (C=O) groups excluding carboxylic acids is 1. The molecule has 1 heterocycles. The molecule has 0 atom stereocenters. The van der Waals surface area contributed by atoms with Gasteiger partial charge in [-0.2, -0.15) is 0 Å². The number of hydrogen-bond acceptors (Lipinski definition) is 3. The van der Waals surface area contributed by atoms with E-state index >= 15 is 0 Å². The number of halogens is 1. The number of benzene rings is 3. The van der Waals surface area contributed by atoms with Crippen molar-refractivity contribution in [1.82, 2.24) is 9.55 Å². The third-order valence-electron chi connectivity index (χ3n) is 6.76. The molecule has 0 spiro atoms. The first-order chi connectivity index (χ1) is 17.6. The molecule has 5 nitrogen and oxygen atoms in total. The van der Waals surface area contributed by atoms with E-state index in [-0.39, 0.29) is 18.3 Å². The van der Waals surface area contributed by atoms with Crippen molar-refractivity contribution >= 4 is 41.0 Å². The van der Waals surface area contributed by atoms with Gasteiger partial charge in [0.1, 0.15) is 0 Å². The predicted octanol–water partition coefficient (Wildman–Crippen LogP) is 7.83. The summed E-state index contributed by atoms with van der Waals surface area (Å²) >= 11 is 0. The summed E-state index contributed by atoms with van der Waals surface area (Å²) < 4.78 is 2.05. The van der Waals surface area contributed by atoms with E-state index in [4.69, 9.17) is 5.73 Å². The zero-order valence-electron chi connectivity index (χ0n) is 21.8. The Labute approximate surface area is 226 Å². The van der Waals surface area contributed by atoms with Gasteiger partial charge in [0.2, 0.25) is 5.95 Å². The van der Waals surface area contributed by atoms with E-state index in [1.807, 2.05) is 41.0 Å². The van der Waals surface area contributed by atoms with Crippen molar-refractivity contribution in [2.24, 2.45) is 0 Å². The fourth-order valence-corrected chi connectivity index (χ4v) is 4.68. The van der Waals surface area contributed by atoms with E-state index in [0.29, 0.717) is 11.5 Å². The Morgan fingerprint density at radius 1 is 0.838 bits per heavy atom. The summed E-state index contributed by atoms with van der Waals surface area (Å²) in [6.45, 7) is 3.04. The van der Waals surface area contributed by atoms with Crippen molar-refractivity contribution in [3.8, 4) is 0 Å². The number of amides is 1. The van der Waals surface area contributed by atoms with Gasteiger partial charge in [-0.3, -0.25) is 4.79 Å². The quantitative estimate of drug-likeness (QED) is 0.177. The largest absolute Gasteiger partial charge is 0.369 e. The second kappa shape index (κ2) is 14.4. The maximum Gasteiger partial charge on any atom is 0.255 e. The van der Waals surface area contributed by atoms with Gasteiger partial charge in [-0.25, -0.2) is 4.98 Å². The number of carbonyl (C=O) groups is 1. The Balaban J connectivity index is 0.00000380. The number of hydrogen-bond donors (Lipinski definition) is 2. The molecule has 1 aromatic heterocycles. The van der Waals surface area contributed by atoms with Crippen LogP contribution in [0.2, 0.25) is 0 Å². The van der Waals surface area contributed by atoms with Gasteiger partial charge < -0.3 is 15.6 Å². The first-order valence-electron chi connectivity index (χ1n) is 13.3. The third kappa shape index (κ3) is 8.09. The molecule has 3 aromatic carbocycles. The minimum atomic E-state index is -0.115. The van der Waals surface area contributed by atoms with E-state index in [1.54, 1.807) is 0 Å². The molecule has 0 aliphatic rings. The number of aromatic nitrogens is 2. The van der Waals surface area contributed by atoms with Gasteiger partial charge in [0.25, 0.3) is 5.91 Å². The monoisotopic (exact) mass is 518 g/mol. The summed E-state index contributed by atoms with van der Waals surface area (Å²) in [5.41, 5.74) is 12.0. The number of nitrogens with two attached hydrogens (primary N) is 1. The Bertz CT molecular complexity index is 1250. The third-order valence-corrected chi connectivity index (χ3v) is 6.76. The van der Waals surface area contributed by atoms with Crippen LogP contribution in [-0.2, 0) is 19.4 Å². The highest BCUT2D eigenvalue weighted by molar-refractivity contribution is 6.05. The number of anilines is 2. The summed E-state index contributed by atoms with van der Waals surface area (Å²) in [5, 5.41) is 3.01. The molecule has 0 saturated carbocycles. The van der Waals surface area contributed by atoms with Crippen molar-refractivity contribution in [2.75, 3.05) is 11.1 Å². The van der Waals surface area contributed by atoms with Crippen LogP contribution in [0, 0.1) is 0 Å². The van der Waals surface area contributed by atoms with Crippen molar-refractivity contribution in [3.63, 3.8) is 0 Å². The van der Waals surface area contributed by atoms with Crippen LogP contribution in [0.15, 0.2) is 72.8 Å². The fraction of sp³-hybridized carbons (Fsp3) is 0.355. The Morgan fingerprint density at radius 3 is 2.27 bits per heavy atom. The topological polar surface area (TPSA) is 72.9 Å². The van der Waals surface area contributed by atoms with E-state index in [2.05, 4.69) is 53.6 Å². The molecule has 37 heavy (non-hydrogen) atoms. The van der Waals surface area contributed by atoms with Gasteiger partial charge in [-0.05, 0) is 67.1 Å². The van der Waals surface area contributed by atoms with Gasteiger partial charge >= 0.3 is 0 Å². The average Bonchev–Trinajstić information content (AvgIpc) is 3.21. The van der Waals surface area contributed by atoms with Gasteiger partial charge in [-0.15, -0.1) is 12.4 Å². The van der Waals surface area contributed by atoms with Crippen LogP contribution in [0.1, 0.15) is 73.4 Å². The Hall–Kier alpha value is -3.31. The van der Waals surface area contributed by atoms with Crippen molar-refractivity contribution in [2.45, 2.75) is 71.3 Å². The molecule has 1 amide bonds. The van der Waals surface area contributed by atoms with E-state index in [1.165, 1.54) is 49.7 Å².